The number of halogens is 1. The molecule has 0 aromatic rings. The smallest absolute Gasteiger partial charge is 0.0209 e. The molecule has 2 heterocycles. The van der Waals surface area contributed by atoms with Gasteiger partial charge in [0.15, 0.2) is 0 Å². The predicted octanol–water partition coefficient (Wildman–Crippen LogP) is 1.04. The van der Waals surface area contributed by atoms with Crippen LogP contribution in [-0.4, -0.2) is 66.1 Å². The van der Waals surface area contributed by atoms with E-state index >= 15 is 0 Å². The molecular formula is C12H24IN3. The summed E-state index contributed by atoms with van der Waals surface area (Å²) < 4.78 is 0.781. The summed E-state index contributed by atoms with van der Waals surface area (Å²) in [6, 6.07) is 0. The Morgan fingerprint density at radius 3 is 2.50 bits per heavy atom. The van der Waals surface area contributed by atoms with Crippen LogP contribution < -0.4 is 5.32 Å². The summed E-state index contributed by atoms with van der Waals surface area (Å²) >= 11 is 2.53. The minimum Gasteiger partial charge on any atom is -0.316 e. The second kappa shape index (κ2) is 6.52. The predicted molar refractivity (Wildman–Crippen MR) is 77.3 cm³/mol. The molecular weight excluding hydrogens is 313 g/mol. The summed E-state index contributed by atoms with van der Waals surface area (Å²) in [5, 5.41) is 3.46. The largest absolute Gasteiger partial charge is 0.316 e. The van der Waals surface area contributed by atoms with Crippen LogP contribution in [0.1, 0.15) is 13.3 Å². The SMILES string of the molecule is C[C@@H](I)CN1CCN(C[C@H]2CCNC2)CC1. The average molecular weight is 337 g/mol. The van der Waals surface area contributed by atoms with E-state index in [4.69, 9.17) is 0 Å². The normalized spacial score (nSPS) is 30.8. The third kappa shape index (κ3) is 4.13. The van der Waals surface area contributed by atoms with Gasteiger partial charge in [0.1, 0.15) is 0 Å². The molecule has 0 bridgehead atoms. The van der Waals surface area contributed by atoms with Crippen molar-refractivity contribution in [1.29, 1.82) is 0 Å². The number of alkyl halides is 1. The van der Waals surface area contributed by atoms with Gasteiger partial charge in [-0.1, -0.05) is 29.5 Å². The van der Waals surface area contributed by atoms with Crippen molar-refractivity contribution in [3.05, 3.63) is 0 Å². The maximum Gasteiger partial charge on any atom is 0.0209 e. The highest BCUT2D eigenvalue weighted by molar-refractivity contribution is 14.1. The lowest BCUT2D eigenvalue weighted by atomic mass is 10.1. The zero-order chi connectivity index (χ0) is 11.4. The Bertz CT molecular complexity index is 196. The molecule has 2 aliphatic rings. The fourth-order valence-corrected chi connectivity index (χ4v) is 3.30. The highest BCUT2D eigenvalue weighted by Crippen LogP contribution is 2.12. The van der Waals surface area contributed by atoms with E-state index in [9.17, 15) is 0 Å². The summed E-state index contributed by atoms with van der Waals surface area (Å²) in [4.78, 5) is 5.27. The van der Waals surface area contributed by atoms with Crippen LogP contribution in [0.25, 0.3) is 0 Å². The molecule has 2 saturated heterocycles. The first-order chi connectivity index (χ1) is 7.74. The monoisotopic (exact) mass is 337 g/mol. The van der Waals surface area contributed by atoms with Gasteiger partial charge in [-0.2, -0.15) is 0 Å². The lowest BCUT2D eigenvalue weighted by molar-refractivity contribution is 0.122. The van der Waals surface area contributed by atoms with Crippen molar-refractivity contribution in [1.82, 2.24) is 15.1 Å². The Morgan fingerprint density at radius 2 is 1.94 bits per heavy atom. The molecule has 2 rings (SSSR count). The van der Waals surface area contributed by atoms with E-state index in [2.05, 4.69) is 44.6 Å². The number of rotatable bonds is 4. The lowest BCUT2D eigenvalue weighted by Gasteiger charge is -2.36. The molecule has 0 spiro atoms. The summed E-state index contributed by atoms with van der Waals surface area (Å²) in [5.74, 6) is 0.912. The van der Waals surface area contributed by atoms with Crippen molar-refractivity contribution in [2.24, 2.45) is 5.92 Å². The van der Waals surface area contributed by atoms with Gasteiger partial charge in [-0.15, -0.1) is 0 Å². The average Bonchev–Trinajstić information content (AvgIpc) is 2.73. The number of piperazine rings is 1. The highest BCUT2D eigenvalue weighted by Gasteiger charge is 2.22. The van der Waals surface area contributed by atoms with Gasteiger partial charge in [-0.25, -0.2) is 0 Å². The highest BCUT2D eigenvalue weighted by atomic mass is 127. The van der Waals surface area contributed by atoms with Crippen molar-refractivity contribution in [3.8, 4) is 0 Å². The Balaban J connectivity index is 1.64. The maximum atomic E-state index is 3.46. The molecule has 2 atom stereocenters. The maximum absolute atomic E-state index is 3.46. The van der Waals surface area contributed by atoms with Gasteiger partial charge in [-0.05, 0) is 25.4 Å². The molecule has 0 radical (unpaired) electrons. The quantitative estimate of drug-likeness (QED) is 0.611. The van der Waals surface area contributed by atoms with Crippen LogP contribution >= 0.6 is 22.6 Å². The minimum absolute atomic E-state index is 0.781. The molecule has 0 amide bonds. The molecule has 0 aromatic carbocycles. The van der Waals surface area contributed by atoms with Crippen LogP contribution in [-0.2, 0) is 0 Å². The van der Waals surface area contributed by atoms with Crippen LogP contribution in [0.4, 0.5) is 0 Å². The third-order valence-electron chi connectivity index (χ3n) is 3.65. The molecule has 0 aromatic heterocycles. The van der Waals surface area contributed by atoms with E-state index < -0.39 is 0 Å². The summed E-state index contributed by atoms with van der Waals surface area (Å²) in [6.45, 7) is 12.5. The van der Waals surface area contributed by atoms with E-state index in [1.165, 1.54) is 58.8 Å². The Labute approximate surface area is 113 Å². The second-order valence-electron chi connectivity index (χ2n) is 5.24. The first kappa shape index (κ1) is 13.1. The van der Waals surface area contributed by atoms with Crippen molar-refractivity contribution in [2.45, 2.75) is 17.3 Å². The van der Waals surface area contributed by atoms with E-state index in [0.717, 1.165) is 9.84 Å². The van der Waals surface area contributed by atoms with E-state index in [-0.39, 0.29) is 0 Å². The Morgan fingerprint density at radius 1 is 1.25 bits per heavy atom. The molecule has 2 fully saturated rings. The summed E-state index contributed by atoms with van der Waals surface area (Å²) in [7, 11) is 0. The summed E-state index contributed by atoms with van der Waals surface area (Å²) in [6.07, 6.45) is 1.38. The first-order valence-corrected chi connectivity index (χ1v) is 7.78. The van der Waals surface area contributed by atoms with Crippen molar-refractivity contribution >= 4 is 22.6 Å². The molecule has 0 saturated carbocycles. The number of nitrogens with zero attached hydrogens (tertiary/aromatic N) is 2. The van der Waals surface area contributed by atoms with E-state index in [0.29, 0.717) is 0 Å². The second-order valence-corrected chi connectivity index (χ2v) is 7.37. The van der Waals surface area contributed by atoms with Gasteiger partial charge in [0, 0.05) is 43.2 Å². The number of hydrogen-bond acceptors (Lipinski definition) is 3. The summed E-state index contributed by atoms with van der Waals surface area (Å²) in [5.41, 5.74) is 0. The van der Waals surface area contributed by atoms with Gasteiger partial charge >= 0.3 is 0 Å². The van der Waals surface area contributed by atoms with Crippen LogP contribution in [0.5, 0.6) is 0 Å². The van der Waals surface area contributed by atoms with Crippen molar-refractivity contribution in [2.75, 3.05) is 52.4 Å². The van der Waals surface area contributed by atoms with Crippen LogP contribution in [0, 0.1) is 5.92 Å². The van der Waals surface area contributed by atoms with Gasteiger partial charge < -0.3 is 10.2 Å². The van der Waals surface area contributed by atoms with Gasteiger partial charge in [-0.3, -0.25) is 4.90 Å². The van der Waals surface area contributed by atoms with E-state index in [1.54, 1.807) is 0 Å². The lowest BCUT2D eigenvalue weighted by Crippen LogP contribution is -2.49. The van der Waals surface area contributed by atoms with Gasteiger partial charge in [0.25, 0.3) is 0 Å². The Kier molecular flexibility index (Phi) is 5.32. The van der Waals surface area contributed by atoms with Crippen LogP contribution in [0.15, 0.2) is 0 Å². The van der Waals surface area contributed by atoms with E-state index in [1.807, 2.05) is 0 Å². The topological polar surface area (TPSA) is 18.5 Å². The molecule has 3 nitrogen and oxygen atoms in total. The van der Waals surface area contributed by atoms with Crippen LogP contribution in [0.2, 0.25) is 0 Å². The van der Waals surface area contributed by atoms with Crippen molar-refractivity contribution < 1.29 is 0 Å². The third-order valence-corrected chi connectivity index (χ3v) is 4.05. The molecule has 0 aliphatic carbocycles. The fourth-order valence-electron chi connectivity index (χ4n) is 2.75. The fraction of sp³-hybridized carbons (Fsp3) is 1.00. The van der Waals surface area contributed by atoms with Gasteiger partial charge in [0.05, 0.1) is 0 Å². The Hall–Kier alpha value is 0.610. The number of nitrogens with one attached hydrogen (secondary N) is 1. The zero-order valence-corrected chi connectivity index (χ0v) is 12.4. The van der Waals surface area contributed by atoms with Crippen molar-refractivity contribution in [3.63, 3.8) is 0 Å². The molecule has 94 valence electrons. The van der Waals surface area contributed by atoms with Crippen LogP contribution in [0.3, 0.4) is 0 Å². The molecule has 16 heavy (non-hydrogen) atoms. The molecule has 2 aliphatic heterocycles. The molecule has 4 heteroatoms. The minimum atomic E-state index is 0.781. The van der Waals surface area contributed by atoms with Gasteiger partial charge in [0.2, 0.25) is 0 Å². The molecule has 0 unspecified atom stereocenters. The molecule has 1 N–H and O–H groups in total. The zero-order valence-electron chi connectivity index (χ0n) is 10.3. The first-order valence-electron chi connectivity index (χ1n) is 6.53. The standard InChI is InChI=1S/C12H24IN3/c1-11(13)9-15-4-6-16(7-5-15)10-12-2-3-14-8-12/h11-12,14H,2-10H2,1H3/t11-,12+/m1/s1. The number of hydrogen-bond donors (Lipinski definition) is 1.